The number of carbonyl (C=O) groups excluding carboxylic acids is 2. The second-order valence-corrected chi connectivity index (χ2v) is 63.1. The van der Waals surface area contributed by atoms with E-state index in [4.69, 9.17) is 23.7 Å². The Hall–Kier alpha value is -4.55. The number of ether oxygens (including phenoxy) is 5. The molecular formula is C136H212O11. The van der Waals surface area contributed by atoms with Gasteiger partial charge in [0.25, 0.3) is 0 Å². The van der Waals surface area contributed by atoms with Gasteiger partial charge < -0.3 is 39.0 Å². The molecule has 41 atom stereocenters. The molecule has 16 fully saturated rings. The van der Waals surface area contributed by atoms with Crippen molar-refractivity contribution in [1.82, 2.24) is 0 Å². The number of carbonyl (C=O) groups is 3. The minimum atomic E-state index is -1.04. The summed E-state index contributed by atoms with van der Waals surface area (Å²) in [5.41, 5.74) is 13.5. The number of carboxylic acid groups (broad SMARTS) is 1. The largest absolute Gasteiger partial charge is 0.509 e. The molecule has 11 nitrogen and oxygen atoms in total. The highest BCUT2D eigenvalue weighted by Gasteiger charge is 2.77. The molecule has 0 bridgehead atoms. The summed E-state index contributed by atoms with van der Waals surface area (Å²) >= 11 is 0. The molecule has 20 aliphatic carbocycles. The molecule has 1 aromatic carbocycles. The Morgan fingerprint density at radius 3 is 1.07 bits per heavy atom. The van der Waals surface area contributed by atoms with Gasteiger partial charge in [-0.3, -0.25) is 4.79 Å². The number of fused-ring (bicyclic) bond motifs is 28. The summed E-state index contributed by atoms with van der Waals surface area (Å²) in [4.78, 5) is 38.5. The van der Waals surface area contributed by atoms with Crippen LogP contribution in [0.15, 0.2) is 107 Å². The molecule has 13 unspecified atom stereocenters. The van der Waals surface area contributed by atoms with Gasteiger partial charge in [-0.1, -0.05) is 295 Å². The number of allylic oxidation sites excluding steroid dienone is 10. The van der Waals surface area contributed by atoms with Gasteiger partial charge in [-0.25, -0.2) is 9.59 Å². The molecule has 0 aromatic heterocycles. The molecule has 16 saturated carbocycles. The summed E-state index contributed by atoms with van der Waals surface area (Å²) in [6.07, 6.45) is 53.1. The molecule has 0 heterocycles. The Kier molecular flexibility index (Phi) is 28.5. The number of esters is 1. The lowest BCUT2D eigenvalue weighted by atomic mass is 9.33. The Labute approximate surface area is 895 Å². The third-order valence-corrected chi connectivity index (χ3v) is 55.2. The summed E-state index contributed by atoms with van der Waals surface area (Å²) in [7, 11) is 3.62. The van der Waals surface area contributed by atoms with E-state index in [2.05, 4.69) is 231 Å². The molecule has 147 heavy (non-hydrogen) atoms. The number of hydrogen-bond donors (Lipinski definition) is 3. The second-order valence-electron chi connectivity index (χ2n) is 63.1. The first kappa shape index (κ1) is 112. The predicted molar refractivity (Wildman–Crippen MR) is 601 cm³/mol. The van der Waals surface area contributed by atoms with Gasteiger partial charge in [0.15, 0.2) is 0 Å². The van der Waals surface area contributed by atoms with E-state index in [0.717, 1.165) is 91.9 Å². The lowest BCUT2D eigenvalue weighted by Gasteiger charge is -2.72. The molecule has 0 spiro atoms. The van der Waals surface area contributed by atoms with Crippen molar-refractivity contribution in [2.24, 2.45) is 215 Å². The van der Waals surface area contributed by atoms with E-state index < -0.39 is 29.2 Å². The molecule has 0 amide bonds. The summed E-state index contributed by atoms with van der Waals surface area (Å²) in [6.45, 7) is 87.3. The molecule has 0 radical (unpaired) electrons. The van der Waals surface area contributed by atoms with E-state index in [9.17, 15) is 29.7 Å². The second kappa shape index (κ2) is 37.3. The van der Waals surface area contributed by atoms with E-state index in [1.165, 1.54) is 178 Å². The number of aliphatic hydroxyl groups excluding tert-OH is 2. The summed E-state index contributed by atoms with van der Waals surface area (Å²) in [5, 5.41) is 32.0. The van der Waals surface area contributed by atoms with Gasteiger partial charge >= 0.3 is 18.1 Å². The highest BCUT2D eigenvalue weighted by Crippen LogP contribution is 2.83. The molecule has 822 valence electrons. The van der Waals surface area contributed by atoms with Crippen molar-refractivity contribution in [1.29, 1.82) is 0 Å². The van der Waals surface area contributed by atoms with Crippen LogP contribution in [0.25, 0.3) is 6.08 Å². The summed E-state index contributed by atoms with van der Waals surface area (Å²) in [6, 6.07) is 9.97. The van der Waals surface area contributed by atoms with Crippen LogP contribution in [-0.2, 0) is 33.3 Å². The van der Waals surface area contributed by atoms with Crippen LogP contribution in [0, 0.1) is 215 Å². The third-order valence-electron chi connectivity index (χ3n) is 55.2. The van der Waals surface area contributed by atoms with Crippen molar-refractivity contribution < 1.29 is 53.4 Å². The highest BCUT2D eigenvalue weighted by atomic mass is 16.7. The molecule has 21 rings (SSSR count). The number of aliphatic hydroxyl groups is 2. The molecule has 1 aromatic rings. The zero-order valence-electron chi connectivity index (χ0n) is 99.8. The summed E-state index contributed by atoms with van der Waals surface area (Å²) < 4.78 is 30.5. The Bertz CT molecular complexity index is 5340. The fourth-order valence-electron chi connectivity index (χ4n) is 45.1. The molecule has 0 saturated heterocycles. The zero-order valence-corrected chi connectivity index (χ0v) is 99.8. The van der Waals surface area contributed by atoms with Crippen molar-refractivity contribution in [2.75, 3.05) is 14.2 Å². The van der Waals surface area contributed by atoms with Gasteiger partial charge in [-0.15, -0.1) is 0 Å². The number of aliphatic carboxylic acids is 1. The lowest BCUT2D eigenvalue weighted by molar-refractivity contribution is -0.242. The summed E-state index contributed by atoms with van der Waals surface area (Å²) in [5.74, 6) is 9.96. The third kappa shape index (κ3) is 16.4. The highest BCUT2D eigenvalue weighted by molar-refractivity contribution is 5.87. The Morgan fingerprint density at radius 1 is 0.374 bits per heavy atom. The van der Waals surface area contributed by atoms with Crippen molar-refractivity contribution >= 4 is 24.2 Å². The maximum absolute atomic E-state index is 13.2. The minimum absolute atomic E-state index is 0.0325. The van der Waals surface area contributed by atoms with Crippen LogP contribution >= 0.6 is 0 Å². The van der Waals surface area contributed by atoms with E-state index in [0.29, 0.717) is 104 Å². The van der Waals surface area contributed by atoms with Crippen LogP contribution in [-0.4, -0.2) is 89.9 Å². The average Bonchev–Trinajstić information content (AvgIpc) is 0.677. The van der Waals surface area contributed by atoms with Crippen molar-refractivity contribution in [2.45, 2.75) is 482 Å². The van der Waals surface area contributed by atoms with Gasteiger partial charge in [0.1, 0.15) is 17.8 Å². The van der Waals surface area contributed by atoms with Gasteiger partial charge in [-0.2, -0.15) is 0 Å². The quantitative estimate of drug-likeness (QED) is 0.136. The maximum Gasteiger partial charge on any atom is 0.509 e. The monoisotopic (exact) mass is 2020 g/mol. The number of carboxylic acids is 1. The maximum atomic E-state index is 13.2. The fraction of sp³-hybridized carbons (Fsp3) is 0.831. The van der Waals surface area contributed by atoms with Crippen LogP contribution in [0.3, 0.4) is 0 Å². The molecule has 11 heteroatoms. The molecule has 0 aliphatic heterocycles. The SMILES string of the molecule is C=C1CC[C@]2(C)CC[C@]3(C)C(=CCC4[C@@]5(C)CC[C@H](O)C(C)(C(=O)O)C5CC[C@]43C)C2[C@H]1C.C=C1CC[C@]2(C)CC[C@]3(C)C(=CCC4[C@@]5(C)CC[C@H](O)C(C)(C)C5CC[C@]43C)C2[C@H]1C.CO[C@H]1C[C@@]2(C)C(CC[C@]3(C)C2CC=C2C4[C@@H](C)[C@H](C)CC[C@]4(C)CC[C@]23C)C(C)(C)[C@@H]1OC(=O)/C=C/c1ccccc1.CO[C@H]1C[C@@]2(C)C(CC[C@]3(C)C2CC=C2C4[C@@H](C)[C@H](C)CC[C@]4(C)CC[C@]23C)C(C)(C)[C@@H]1OC(=O)OC(C)(C)C. The first-order valence-electron chi connectivity index (χ1n) is 60.8. The topological polar surface area (TPSA) is 158 Å². The zero-order chi connectivity index (χ0) is 107. The van der Waals surface area contributed by atoms with E-state index >= 15 is 0 Å². The van der Waals surface area contributed by atoms with Crippen LogP contribution in [0.2, 0.25) is 0 Å². The first-order valence-corrected chi connectivity index (χ1v) is 60.8. The molecular weight excluding hydrogens is 1810 g/mol. The van der Waals surface area contributed by atoms with E-state index in [-0.39, 0.29) is 107 Å². The first-order chi connectivity index (χ1) is 68.1. The van der Waals surface area contributed by atoms with Gasteiger partial charge in [0, 0.05) is 31.1 Å². The number of hydrogen-bond acceptors (Lipinski definition) is 10. The predicted octanol–water partition coefficient (Wildman–Crippen LogP) is 34.5. The lowest BCUT2D eigenvalue weighted by Crippen LogP contribution is -2.67. The van der Waals surface area contributed by atoms with Gasteiger partial charge in [0.05, 0.1) is 29.8 Å². The molecule has 3 N–H and O–H groups in total. The minimum Gasteiger partial charge on any atom is -0.481 e. The van der Waals surface area contributed by atoms with E-state index in [1.807, 2.05) is 87.9 Å². The van der Waals surface area contributed by atoms with Crippen LogP contribution in [0.1, 0.15) is 445 Å². The van der Waals surface area contributed by atoms with Crippen LogP contribution in [0.4, 0.5) is 4.79 Å². The molecule has 20 aliphatic rings. The van der Waals surface area contributed by atoms with Crippen molar-refractivity contribution in [3.05, 3.63) is 113 Å². The smallest absolute Gasteiger partial charge is 0.481 e. The number of rotatable bonds is 7. The standard InChI is InChI=1S/C40H58O3.C36H60O4.C30H46O3.C30H48O/c1-26-19-21-37(5)23-24-39(7)29(34(37)27(26)2)16-17-32-38(6)25-30(42-9)35(36(3,4)31(38)20-22-40(32,39)8)43-33(41)18-15-28-13-11-10-12-14-28;1-22-15-17-33(8)19-20-35(10)24(28(33)23(22)2)13-14-27-34(9)21-25(38-12)29(39-30(37)40-31(3,4)5)32(6,7)26(34)16-18-36(27,35)11;1-18-10-13-26(3)16-17-28(5)20(24(26)19(18)2)8-9-21-27(4)14-12-23(31)30(7,25(32)33)22(27)11-15-29(21,28)6;1-19-11-14-27(5)17-18-29(7)21(25(27)20(19)2)9-10-23-28(6)15-13-24(31)26(3,4)22(28)12-16-30(23,29)8/h10-16,18,26-27,30-32,34-35H,17,19-25H2,1-9H3;13,22-23,25-29H,14-21H2,1-12H3;8,19,21-24,31H,1,9-17H2,2-7H3,(H,32,33);9,20,22-25,31H,1,10-18H2,2-8H3/b18-15+;;;/t26-,27+,30+,31?,32?,34?,35-,37-,38+,39-,40-;22-,23+,25+,26?,27?,28?,29-,33-,34+,35-,36-;19-,21?,22?,23-,24?,26+,27+,28+,29+,30?;20-,22?,23?,24-,25?,27+,28-,29+,30+/m1100/s1. The van der Waals surface area contributed by atoms with Crippen molar-refractivity contribution in [3.63, 3.8) is 0 Å². The average molecular weight is 2020 g/mol. The Morgan fingerprint density at radius 2 is 0.707 bits per heavy atom. The fourth-order valence-corrected chi connectivity index (χ4v) is 45.1. The Balaban J connectivity index is 0.000000129. The van der Waals surface area contributed by atoms with E-state index in [1.54, 1.807) is 18.8 Å². The number of methoxy groups -OCH3 is 2. The normalized spacial score (nSPS) is 51.7. The number of benzene rings is 1. The van der Waals surface area contributed by atoms with Crippen LogP contribution < -0.4 is 0 Å². The van der Waals surface area contributed by atoms with Gasteiger partial charge in [0.2, 0.25) is 0 Å². The van der Waals surface area contributed by atoms with Gasteiger partial charge in [-0.05, 0) is 456 Å². The van der Waals surface area contributed by atoms with Crippen molar-refractivity contribution in [3.8, 4) is 0 Å². The van der Waals surface area contributed by atoms with Crippen LogP contribution in [0.5, 0.6) is 0 Å².